The van der Waals surface area contributed by atoms with Gasteiger partial charge in [-0.1, -0.05) is 5.92 Å². The van der Waals surface area contributed by atoms with Crippen molar-refractivity contribution in [2.24, 2.45) is 5.92 Å². The molecule has 1 saturated carbocycles. The third-order valence-electron chi connectivity index (χ3n) is 4.43. The molecule has 0 aliphatic heterocycles. The van der Waals surface area contributed by atoms with Gasteiger partial charge in [0.05, 0.1) is 11.1 Å². The number of carbonyl (C=O) groups excluding carboxylic acids is 1. The fraction of sp³-hybridized carbons (Fsp3) is 0.190. The Hall–Kier alpha value is -3.97. The second kappa shape index (κ2) is 7.34. The smallest absolute Gasteiger partial charge is 0.228 e. The molecule has 136 valence electrons. The lowest BCUT2D eigenvalue weighted by Gasteiger charge is -2.09. The molecule has 0 radical (unpaired) electrons. The standard InChI is InChI=1S/C21H16N6O/c1-23-20-18-12-25-19(27-21(28)14-3-4-14)8-17(18)15(11-26-20)5-7-16-6-2-13(9-22)10-24-16/h2,6,8,10-12,14H,3-4H2,1H3,(H,23,26)(H,25,27,28). The molecule has 28 heavy (non-hydrogen) atoms. The molecule has 0 atom stereocenters. The van der Waals surface area contributed by atoms with Gasteiger partial charge in [-0.05, 0) is 37.0 Å². The number of carbonyl (C=O) groups is 1. The van der Waals surface area contributed by atoms with E-state index < -0.39 is 0 Å². The normalized spacial score (nSPS) is 12.6. The first kappa shape index (κ1) is 17.4. The van der Waals surface area contributed by atoms with Crippen LogP contribution in [-0.4, -0.2) is 27.9 Å². The average Bonchev–Trinajstić information content (AvgIpc) is 3.58. The quantitative estimate of drug-likeness (QED) is 0.689. The van der Waals surface area contributed by atoms with Gasteiger partial charge in [-0.25, -0.2) is 15.0 Å². The lowest BCUT2D eigenvalue weighted by molar-refractivity contribution is -0.117. The van der Waals surface area contributed by atoms with E-state index in [0.29, 0.717) is 28.5 Å². The van der Waals surface area contributed by atoms with Crippen LogP contribution in [0.4, 0.5) is 11.6 Å². The summed E-state index contributed by atoms with van der Waals surface area (Å²) in [6.45, 7) is 0. The maximum atomic E-state index is 12.0. The molecule has 7 nitrogen and oxygen atoms in total. The van der Waals surface area contributed by atoms with Gasteiger partial charge < -0.3 is 10.6 Å². The Morgan fingerprint density at radius 1 is 1.11 bits per heavy atom. The number of nitrogens with zero attached hydrogens (tertiary/aromatic N) is 4. The fourth-order valence-corrected chi connectivity index (χ4v) is 2.74. The first-order chi connectivity index (χ1) is 13.7. The molecular weight excluding hydrogens is 352 g/mol. The molecule has 1 amide bonds. The molecule has 1 aliphatic carbocycles. The summed E-state index contributed by atoms with van der Waals surface area (Å²) in [5, 5.41) is 16.4. The highest BCUT2D eigenvalue weighted by atomic mass is 16.2. The first-order valence-corrected chi connectivity index (χ1v) is 8.83. The van der Waals surface area contributed by atoms with Gasteiger partial charge in [0.2, 0.25) is 5.91 Å². The number of aromatic nitrogens is 3. The third kappa shape index (κ3) is 3.60. The maximum Gasteiger partial charge on any atom is 0.228 e. The summed E-state index contributed by atoms with van der Waals surface area (Å²) in [7, 11) is 1.79. The zero-order chi connectivity index (χ0) is 19.5. The van der Waals surface area contributed by atoms with Crippen LogP contribution in [-0.2, 0) is 4.79 Å². The summed E-state index contributed by atoms with van der Waals surface area (Å²) < 4.78 is 0. The maximum absolute atomic E-state index is 12.0. The van der Waals surface area contributed by atoms with Crippen molar-refractivity contribution in [1.29, 1.82) is 5.26 Å². The van der Waals surface area contributed by atoms with E-state index in [1.165, 1.54) is 6.20 Å². The highest BCUT2D eigenvalue weighted by Gasteiger charge is 2.29. The summed E-state index contributed by atoms with van der Waals surface area (Å²) in [4.78, 5) is 24.9. The largest absolute Gasteiger partial charge is 0.373 e. The zero-order valence-corrected chi connectivity index (χ0v) is 15.2. The first-order valence-electron chi connectivity index (χ1n) is 8.83. The van der Waals surface area contributed by atoms with E-state index in [0.717, 1.165) is 23.6 Å². The molecule has 3 aromatic rings. The van der Waals surface area contributed by atoms with Crippen LogP contribution in [0.5, 0.6) is 0 Å². The number of nitriles is 1. The van der Waals surface area contributed by atoms with Crippen molar-refractivity contribution in [1.82, 2.24) is 15.0 Å². The second-order valence-electron chi connectivity index (χ2n) is 6.44. The van der Waals surface area contributed by atoms with Crippen molar-refractivity contribution < 1.29 is 4.79 Å². The Bertz CT molecular complexity index is 1160. The van der Waals surface area contributed by atoms with Gasteiger partial charge >= 0.3 is 0 Å². The van der Waals surface area contributed by atoms with E-state index in [1.807, 2.05) is 12.1 Å². The van der Waals surface area contributed by atoms with E-state index >= 15 is 0 Å². The van der Waals surface area contributed by atoms with Crippen molar-refractivity contribution in [2.45, 2.75) is 12.8 Å². The van der Waals surface area contributed by atoms with Crippen molar-refractivity contribution in [3.05, 3.63) is 53.6 Å². The van der Waals surface area contributed by atoms with Gasteiger partial charge in [0.15, 0.2) is 0 Å². The molecule has 3 heterocycles. The summed E-state index contributed by atoms with van der Waals surface area (Å²) >= 11 is 0. The van der Waals surface area contributed by atoms with Crippen LogP contribution in [0.25, 0.3) is 10.8 Å². The minimum Gasteiger partial charge on any atom is -0.373 e. The summed E-state index contributed by atoms with van der Waals surface area (Å²) in [6.07, 6.45) is 6.71. The van der Waals surface area contributed by atoms with E-state index in [2.05, 4.69) is 37.4 Å². The Morgan fingerprint density at radius 2 is 1.96 bits per heavy atom. The van der Waals surface area contributed by atoms with E-state index in [9.17, 15) is 4.79 Å². The SMILES string of the molecule is CNc1ncc(C#Cc2ccc(C#N)cn2)c2cc(NC(=O)C3CC3)ncc12. The molecule has 0 bridgehead atoms. The van der Waals surface area contributed by atoms with Gasteiger partial charge in [0, 0.05) is 42.3 Å². The lowest BCUT2D eigenvalue weighted by atomic mass is 10.1. The van der Waals surface area contributed by atoms with Gasteiger partial charge in [-0.3, -0.25) is 4.79 Å². The molecule has 1 aliphatic rings. The summed E-state index contributed by atoms with van der Waals surface area (Å²) in [5.41, 5.74) is 1.74. The Labute approximate surface area is 161 Å². The number of nitrogens with one attached hydrogen (secondary N) is 2. The van der Waals surface area contributed by atoms with Crippen LogP contribution in [0.3, 0.4) is 0 Å². The molecule has 2 N–H and O–H groups in total. The van der Waals surface area contributed by atoms with Crippen molar-refractivity contribution in [3.63, 3.8) is 0 Å². The predicted octanol–water partition coefficient (Wildman–Crippen LogP) is 2.69. The van der Waals surface area contributed by atoms with Crippen LogP contribution < -0.4 is 10.6 Å². The van der Waals surface area contributed by atoms with E-state index in [-0.39, 0.29) is 11.8 Å². The monoisotopic (exact) mass is 368 g/mol. The number of rotatable bonds is 3. The predicted molar refractivity (Wildman–Crippen MR) is 105 cm³/mol. The topological polar surface area (TPSA) is 104 Å². The molecule has 0 unspecified atom stereocenters. The molecule has 0 saturated heterocycles. The van der Waals surface area contributed by atoms with Crippen LogP contribution in [0.1, 0.15) is 29.7 Å². The number of fused-ring (bicyclic) bond motifs is 1. The molecule has 1 fully saturated rings. The molecule has 7 heteroatoms. The Morgan fingerprint density at radius 3 is 2.64 bits per heavy atom. The number of hydrogen-bond donors (Lipinski definition) is 2. The molecule has 3 aromatic heterocycles. The minimum atomic E-state index is 0.00385. The number of anilines is 2. The lowest BCUT2D eigenvalue weighted by Crippen LogP contribution is -2.14. The number of pyridine rings is 3. The molecular formula is C21H16N6O. The molecule has 4 rings (SSSR count). The number of hydrogen-bond acceptors (Lipinski definition) is 6. The summed E-state index contributed by atoms with van der Waals surface area (Å²) in [6, 6.07) is 7.22. The van der Waals surface area contributed by atoms with Gasteiger partial charge in [-0.2, -0.15) is 5.26 Å². The molecule has 0 aromatic carbocycles. The van der Waals surface area contributed by atoms with Crippen LogP contribution in [0, 0.1) is 29.1 Å². The fourth-order valence-electron chi connectivity index (χ4n) is 2.74. The van der Waals surface area contributed by atoms with E-state index in [1.54, 1.807) is 31.6 Å². The molecule has 0 spiro atoms. The van der Waals surface area contributed by atoms with Crippen molar-refractivity contribution >= 4 is 28.3 Å². The van der Waals surface area contributed by atoms with E-state index in [4.69, 9.17) is 5.26 Å². The highest BCUT2D eigenvalue weighted by molar-refractivity contribution is 5.99. The third-order valence-corrected chi connectivity index (χ3v) is 4.43. The highest BCUT2D eigenvalue weighted by Crippen LogP contribution is 2.31. The van der Waals surface area contributed by atoms with Crippen LogP contribution in [0.2, 0.25) is 0 Å². The second-order valence-corrected chi connectivity index (χ2v) is 6.44. The van der Waals surface area contributed by atoms with Crippen molar-refractivity contribution in [2.75, 3.05) is 17.7 Å². The van der Waals surface area contributed by atoms with Gasteiger partial charge in [-0.15, -0.1) is 0 Å². The Kier molecular flexibility index (Phi) is 4.57. The van der Waals surface area contributed by atoms with Gasteiger partial charge in [0.1, 0.15) is 23.4 Å². The van der Waals surface area contributed by atoms with Crippen molar-refractivity contribution in [3.8, 4) is 17.9 Å². The number of amides is 1. The Balaban J connectivity index is 1.73. The summed E-state index contributed by atoms with van der Waals surface area (Å²) in [5.74, 6) is 7.36. The van der Waals surface area contributed by atoms with Gasteiger partial charge in [0.25, 0.3) is 0 Å². The minimum absolute atomic E-state index is 0.00385. The average molecular weight is 368 g/mol. The van der Waals surface area contributed by atoms with Crippen LogP contribution in [0.15, 0.2) is 36.8 Å². The van der Waals surface area contributed by atoms with Crippen LogP contribution >= 0.6 is 0 Å². The zero-order valence-electron chi connectivity index (χ0n) is 15.2.